The first-order chi connectivity index (χ1) is 9.67. The van der Waals surface area contributed by atoms with Crippen molar-refractivity contribution < 1.29 is 9.53 Å². The second-order valence-corrected chi connectivity index (χ2v) is 6.36. The van der Waals surface area contributed by atoms with E-state index >= 15 is 0 Å². The van der Waals surface area contributed by atoms with Crippen LogP contribution in [-0.2, 0) is 9.53 Å². The molecule has 20 heavy (non-hydrogen) atoms. The maximum atomic E-state index is 12.2. The van der Waals surface area contributed by atoms with Crippen LogP contribution in [0.3, 0.4) is 0 Å². The van der Waals surface area contributed by atoms with Crippen LogP contribution in [0.1, 0.15) is 17.8 Å². The van der Waals surface area contributed by atoms with Crippen LogP contribution >= 0.6 is 22.9 Å². The molecule has 0 spiro atoms. The number of hydrogen-bond donors (Lipinski definition) is 2. The largest absolute Gasteiger partial charge is 0.378 e. The summed E-state index contributed by atoms with van der Waals surface area (Å²) in [5, 5.41) is 2.86. The van der Waals surface area contributed by atoms with Gasteiger partial charge in [0, 0.05) is 24.5 Å². The van der Waals surface area contributed by atoms with Gasteiger partial charge in [-0.15, -0.1) is 11.3 Å². The molecule has 0 saturated carbocycles. The first kappa shape index (κ1) is 15.7. The van der Waals surface area contributed by atoms with Crippen molar-refractivity contribution in [3.8, 4) is 0 Å². The van der Waals surface area contributed by atoms with Gasteiger partial charge in [-0.05, 0) is 19.1 Å². The average Bonchev–Trinajstić information content (AvgIpc) is 2.87. The smallest absolute Gasteiger partial charge is 0.239 e. The lowest BCUT2D eigenvalue weighted by atomic mass is 10.1. The number of halogens is 1. The fourth-order valence-electron chi connectivity index (χ4n) is 2.43. The van der Waals surface area contributed by atoms with Crippen LogP contribution in [0.4, 0.5) is 0 Å². The molecule has 112 valence electrons. The van der Waals surface area contributed by atoms with Crippen LogP contribution < -0.4 is 11.1 Å². The molecule has 1 aromatic rings. The summed E-state index contributed by atoms with van der Waals surface area (Å²) in [5.74, 6) is -0.00620. The van der Waals surface area contributed by atoms with Crippen LogP contribution in [0.15, 0.2) is 12.1 Å². The molecule has 1 fully saturated rings. The lowest BCUT2D eigenvalue weighted by molar-refractivity contribution is -0.134. The number of amides is 1. The summed E-state index contributed by atoms with van der Waals surface area (Å²) >= 11 is 7.52. The molecule has 7 heteroatoms. The molecule has 2 heterocycles. The number of carbonyl (C=O) groups excluding carboxylic acids is 1. The van der Waals surface area contributed by atoms with Crippen LogP contribution in [0.25, 0.3) is 0 Å². The van der Waals surface area contributed by atoms with Crippen LogP contribution in [0.2, 0.25) is 4.34 Å². The van der Waals surface area contributed by atoms with E-state index in [1.165, 1.54) is 11.3 Å². The fraction of sp³-hybridized carbons (Fsp3) is 0.615. The predicted octanol–water partition coefficient (Wildman–Crippen LogP) is 1.24. The Kier molecular flexibility index (Phi) is 5.80. The van der Waals surface area contributed by atoms with E-state index in [0.717, 1.165) is 9.21 Å². The number of ether oxygens (including phenoxy) is 1. The molecular weight excluding hydrogens is 298 g/mol. The third-order valence-corrected chi connectivity index (χ3v) is 4.70. The first-order valence-electron chi connectivity index (χ1n) is 6.73. The summed E-state index contributed by atoms with van der Waals surface area (Å²) in [7, 11) is 0. The van der Waals surface area contributed by atoms with Gasteiger partial charge in [-0.25, -0.2) is 0 Å². The Morgan fingerprint density at radius 1 is 1.70 bits per heavy atom. The van der Waals surface area contributed by atoms with Gasteiger partial charge in [0.15, 0.2) is 0 Å². The van der Waals surface area contributed by atoms with Gasteiger partial charge in [0.2, 0.25) is 5.91 Å². The summed E-state index contributed by atoms with van der Waals surface area (Å²) in [6.45, 7) is 4.69. The number of nitrogens with one attached hydrogen (secondary N) is 1. The number of thiophene rings is 1. The predicted molar refractivity (Wildman–Crippen MR) is 81.1 cm³/mol. The number of rotatable bonds is 5. The standard InChI is InChI=1S/C13H20ClN3O2S/c1-2-16-13(18)10-8-19-6-5-17(10)9(7-15)11-3-4-12(14)20-11/h3-4,9-10H,2,5-8,15H2,1H3,(H,16,18). The van der Waals surface area contributed by atoms with Gasteiger partial charge in [0.1, 0.15) is 6.04 Å². The molecule has 1 aliphatic rings. The summed E-state index contributed by atoms with van der Waals surface area (Å²) < 4.78 is 6.19. The molecule has 2 rings (SSSR count). The van der Waals surface area contributed by atoms with Gasteiger partial charge in [-0.3, -0.25) is 9.69 Å². The number of carbonyl (C=O) groups is 1. The fourth-order valence-corrected chi connectivity index (χ4v) is 3.63. The quantitative estimate of drug-likeness (QED) is 0.857. The minimum atomic E-state index is -0.293. The molecule has 0 bridgehead atoms. The highest BCUT2D eigenvalue weighted by atomic mass is 35.5. The average molecular weight is 318 g/mol. The Morgan fingerprint density at radius 3 is 3.10 bits per heavy atom. The van der Waals surface area contributed by atoms with E-state index in [-0.39, 0.29) is 18.0 Å². The minimum Gasteiger partial charge on any atom is -0.378 e. The summed E-state index contributed by atoms with van der Waals surface area (Å²) in [6, 6.07) is 3.56. The van der Waals surface area contributed by atoms with Crippen molar-refractivity contribution in [2.45, 2.75) is 19.0 Å². The number of nitrogens with zero attached hydrogens (tertiary/aromatic N) is 1. The Labute approximate surface area is 128 Å². The lowest BCUT2D eigenvalue weighted by Gasteiger charge is -2.39. The topological polar surface area (TPSA) is 67.6 Å². The first-order valence-corrected chi connectivity index (χ1v) is 7.93. The van der Waals surface area contributed by atoms with E-state index in [1.54, 1.807) is 0 Å². The molecule has 1 aliphatic heterocycles. The monoisotopic (exact) mass is 317 g/mol. The summed E-state index contributed by atoms with van der Waals surface area (Å²) in [5.41, 5.74) is 5.93. The number of hydrogen-bond acceptors (Lipinski definition) is 5. The third-order valence-electron chi connectivity index (χ3n) is 3.37. The molecule has 1 saturated heterocycles. The van der Waals surface area contributed by atoms with Gasteiger partial charge >= 0.3 is 0 Å². The van der Waals surface area contributed by atoms with Gasteiger partial charge in [-0.2, -0.15) is 0 Å². The Bertz CT molecular complexity index is 455. The zero-order valence-electron chi connectivity index (χ0n) is 11.5. The number of morpholine rings is 1. The second-order valence-electron chi connectivity index (χ2n) is 4.62. The van der Waals surface area contributed by atoms with E-state index in [1.807, 2.05) is 19.1 Å². The van der Waals surface area contributed by atoms with E-state index in [4.69, 9.17) is 22.1 Å². The van der Waals surface area contributed by atoms with Crippen molar-refractivity contribution in [1.82, 2.24) is 10.2 Å². The molecule has 3 N–H and O–H groups in total. The Morgan fingerprint density at radius 2 is 2.50 bits per heavy atom. The summed E-state index contributed by atoms with van der Waals surface area (Å²) in [4.78, 5) is 15.4. The van der Waals surface area contributed by atoms with Crippen molar-refractivity contribution in [2.24, 2.45) is 5.73 Å². The Balaban J connectivity index is 2.18. The third kappa shape index (κ3) is 3.51. The van der Waals surface area contributed by atoms with Crippen molar-refractivity contribution in [1.29, 1.82) is 0 Å². The molecule has 0 aromatic carbocycles. The molecule has 0 aliphatic carbocycles. The highest BCUT2D eigenvalue weighted by Crippen LogP contribution is 2.31. The van der Waals surface area contributed by atoms with Gasteiger partial charge in [0.05, 0.1) is 23.6 Å². The molecular formula is C13H20ClN3O2S. The number of nitrogens with two attached hydrogens (primary N) is 1. The van der Waals surface area contributed by atoms with Gasteiger partial charge < -0.3 is 15.8 Å². The molecule has 5 nitrogen and oxygen atoms in total. The zero-order chi connectivity index (χ0) is 14.5. The lowest BCUT2D eigenvalue weighted by Crippen LogP contribution is -2.55. The van der Waals surface area contributed by atoms with Crippen molar-refractivity contribution in [3.63, 3.8) is 0 Å². The van der Waals surface area contributed by atoms with E-state index in [0.29, 0.717) is 32.8 Å². The summed E-state index contributed by atoms with van der Waals surface area (Å²) in [6.07, 6.45) is 0. The molecule has 2 unspecified atom stereocenters. The zero-order valence-corrected chi connectivity index (χ0v) is 13.0. The highest BCUT2D eigenvalue weighted by Gasteiger charge is 2.34. The van der Waals surface area contributed by atoms with E-state index < -0.39 is 0 Å². The van der Waals surface area contributed by atoms with Crippen LogP contribution in [0.5, 0.6) is 0 Å². The molecule has 1 aromatic heterocycles. The Hall–Kier alpha value is -0.660. The van der Waals surface area contributed by atoms with E-state index in [9.17, 15) is 4.79 Å². The van der Waals surface area contributed by atoms with Gasteiger partial charge in [0.25, 0.3) is 0 Å². The molecule has 2 atom stereocenters. The maximum absolute atomic E-state index is 12.2. The van der Waals surface area contributed by atoms with Crippen molar-refractivity contribution in [3.05, 3.63) is 21.3 Å². The normalized spacial score (nSPS) is 21.6. The second kappa shape index (κ2) is 7.38. The van der Waals surface area contributed by atoms with Crippen molar-refractivity contribution >= 4 is 28.8 Å². The minimum absolute atomic E-state index is 0.00371. The SMILES string of the molecule is CCNC(=O)C1COCCN1C(CN)c1ccc(Cl)s1. The van der Waals surface area contributed by atoms with Crippen LogP contribution in [-0.4, -0.2) is 49.7 Å². The number of likely N-dealkylation sites (N-methyl/N-ethyl adjacent to an activating group) is 1. The maximum Gasteiger partial charge on any atom is 0.239 e. The van der Waals surface area contributed by atoms with Crippen molar-refractivity contribution in [2.75, 3.05) is 32.8 Å². The van der Waals surface area contributed by atoms with Crippen LogP contribution in [0, 0.1) is 0 Å². The molecule has 0 radical (unpaired) electrons. The van der Waals surface area contributed by atoms with E-state index in [2.05, 4.69) is 10.2 Å². The highest BCUT2D eigenvalue weighted by molar-refractivity contribution is 7.16. The molecule has 1 amide bonds. The van der Waals surface area contributed by atoms with Gasteiger partial charge in [-0.1, -0.05) is 11.6 Å².